The molecule has 2 aromatic heterocycles. The molecule has 0 aliphatic heterocycles. The summed E-state index contributed by atoms with van der Waals surface area (Å²) in [4.78, 5) is 20.2. The van der Waals surface area contributed by atoms with Crippen LogP contribution in [0, 0.1) is 13.8 Å². The van der Waals surface area contributed by atoms with Gasteiger partial charge < -0.3 is 10.5 Å². The van der Waals surface area contributed by atoms with E-state index in [1.165, 1.54) is 25.1 Å². The highest BCUT2D eigenvalue weighted by Gasteiger charge is 2.15. The molecule has 2 N–H and O–H groups in total. The molecule has 6 heteroatoms. The third-order valence-electron chi connectivity index (χ3n) is 2.63. The van der Waals surface area contributed by atoms with Crippen molar-refractivity contribution in [2.75, 3.05) is 12.8 Å². The monoisotopic (exact) mass is 289 g/mol. The number of esters is 1. The molecule has 0 amide bonds. The Hall–Kier alpha value is -2.08. The van der Waals surface area contributed by atoms with Gasteiger partial charge in [0.2, 0.25) is 0 Å². The van der Waals surface area contributed by atoms with Gasteiger partial charge in [-0.15, -0.1) is 0 Å². The molecule has 0 radical (unpaired) electrons. The zero-order valence-corrected chi connectivity index (χ0v) is 12.3. The first-order valence-corrected chi connectivity index (χ1v) is 6.79. The number of nitrogens with two attached hydrogens (primary N) is 1. The van der Waals surface area contributed by atoms with Crippen molar-refractivity contribution in [2.45, 2.75) is 23.9 Å². The zero-order chi connectivity index (χ0) is 14.7. The lowest BCUT2D eigenvalue weighted by Gasteiger charge is -2.08. The van der Waals surface area contributed by atoms with Gasteiger partial charge in [-0.2, -0.15) is 0 Å². The van der Waals surface area contributed by atoms with Gasteiger partial charge in [0, 0.05) is 11.9 Å². The van der Waals surface area contributed by atoms with Crippen molar-refractivity contribution in [3.8, 4) is 0 Å². The van der Waals surface area contributed by atoms with Gasteiger partial charge in [-0.25, -0.2) is 14.8 Å². The molecule has 5 nitrogen and oxygen atoms in total. The smallest absolute Gasteiger partial charge is 0.340 e. The van der Waals surface area contributed by atoms with E-state index in [2.05, 4.69) is 14.7 Å². The summed E-state index contributed by atoms with van der Waals surface area (Å²) in [6, 6.07) is 5.48. The third kappa shape index (κ3) is 3.08. The number of aryl methyl sites for hydroxylation is 2. The molecule has 2 heterocycles. The second-order valence-electron chi connectivity index (χ2n) is 4.30. The van der Waals surface area contributed by atoms with E-state index in [4.69, 9.17) is 5.73 Å². The molecule has 20 heavy (non-hydrogen) atoms. The van der Waals surface area contributed by atoms with E-state index < -0.39 is 5.97 Å². The molecule has 0 bridgehead atoms. The topological polar surface area (TPSA) is 78.1 Å². The lowest BCUT2D eigenvalue weighted by atomic mass is 10.2. The van der Waals surface area contributed by atoms with Gasteiger partial charge in [-0.1, -0.05) is 0 Å². The minimum atomic E-state index is -0.472. The highest BCUT2D eigenvalue weighted by Crippen LogP contribution is 2.31. The van der Waals surface area contributed by atoms with Gasteiger partial charge in [-0.3, -0.25) is 0 Å². The fourth-order valence-electron chi connectivity index (χ4n) is 1.78. The molecule has 0 saturated heterocycles. The standard InChI is InChI=1S/C14H15N3O2S/c1-8-6-9(2)17-11(7-8)20-13-12(15)10(4-5-16-13)14(18)19-3/h4-7H,15H2,1-3H3. The zero-order valence-electron chi connectivity index (χ0n) is 11.5. The van der Waals surface area contributed by atoms with Crippen molar-refractivity contribution in [1.29, 1.82) is 0 Å². The Balaban J connectivity index is 2.36. The third-order valence-corrected chi connectivity index (χ3v) is 3.57. The number of nitrogens with zero attached hydrogens (tertiary/aromatic N) is 2. The molecular formula is C14H15N3O2S. The Morgan fingerprint density at radius 3 is 2.75 bits per heavy atom. The van der Waals surface area contributed by atoms with E-state index in [-0.39, 0.29) is 0 Å². The van der Waals surface area contributed by atoms with Gasteiger partial charge in [0.15, 0.2) is 0 Å². The maximum atomic E-state index is 11.6. The normalized spacial score (nSPS) is 10.3. The largest absolute Gasteiger partial charge is 0.465 e. The number of hydrogen-bond acceptors (Lipinski definition) is 6. The number of pyridine rings is 2. The van der Waals surface area contributed by atoms with Crippen LogP contribution < -0.4 is 5.73 Å². The number of ether oxygens (including phenoxy) is 1. The second-order valence-corrected chi connectivity index (χ2v) is 5.30. The number of anilines is 1. The summed E-state index contributed by atoms with van der Waals surface area (Å²) in [7, 11) is 1.32. The van der Waals surface area contributed by atoms with Crippen molar-refractivity contribution in [2.24, 2.45) is 0 Å². The molecule has 2 rings (SSSR count). The van der Waals surface area contributed by atoms with E-state index in [9.17, 15) is 4.79 Å². The average Bonchev–Trinajstić information content (AvgIpc) is 2.39. The van der Waals surface area contributed by atoms with Crippen molar-refractivity contribution in [1.82, 2.24) is 9.97 Å². The van der Waals surface area contributed by atoms with Crippen LogP contribution >= 0.6 is 11.8 Å². The Morgan fingerprint density at radius 1 is 1.35 bits per heavy atom. The van der Waals surface area contributed by atoms with Crippen molar-refractivity contribution in [3.63, 3.8) is 0 Å². The number of rotatable bonds is 3. The first-order valence-electron chi connectivity index (χ1n) is 5.97. The number of nitrogen functional groups attached to an aromatic ring is 1. The SMILES string of the molecule is COC(=O)c1ccnc(Sc2cc(C)cc(C)n2)c1N. The van der Waals surface area contributed by atoms with E-state index in [1.807, 2.05) is 26.0 Å². The quantitative estimate of drug-likeness (QED) is 0.875. The molecule has 0 unspecified atom stereocenters. The summed E-state index contributed by atoms with van der Waals surface area (Å²) < 4.78 is 4.69. The summed E-state index contributed by atoms with van der Waals surface area (Å²) >= 11 is 1.33. The van der Waals surface area contributed by atoms with E-state index in [0.717, 1.165) is 16.3 Å². The van der Waals surface area contributed by atoms with E-state index >= 15 is 0 Å². The predicted octanol–water partition coefficient (Wildman–Crippen LogP) is 2.61. The summed E-state index contributed by atoms with van der Waals surface area (Å²) in [5.74, 6) is -0.472. The van der Waals surface area contributed by atoms with Crippen LogP contribution in [0.4, 0.5) is 5.69 Å². The molecule has 0 aliphatic rings. The number of carbonyl (C=O) groups is 1. The van der Waals surface area contributed by atoms with Gasteiger partial charge in [0.1, 0.15) is 10.1 Å². The van der Waals surface area contributed by atoms with Gasteiger partial charge in [-0.05, 0) is 49.4 Å². The summed E-state index contributed by atoms with van der Waals surface area (Å²) in [5.41, 5.74) is 8.64. The molecule has 0 aliphatic carbocycles. The lowest BCUT2D eigenvalue weighted by molar-refractivity contribution is 0.0601. The van der Waals surface area contributed by atoms with Crippen LogP contribution in [0.2, 0.25) is 0 Å². The van der Waals surface area contributed by atoms with E-state index in [0.29, 0.717) is 16.3 Å². The Labute approximate surface area is 121 Å². The van der Waals surface area contributed by atoms with Crippen molar-refractivity contribution < 1.29 is 9.53 Å². The molecule has 0 saturated carbocycles. The number of hydrogen-bond donors (Lipinski definition) is 1. The predicted molar refractivity (Wildman–Crippen MR) is 77.8 cm³/mol. The van der Waals surface area contributed by atoms with Crippen LogP contribution in [-0.2, 0) is 4.74 Å². The van der Waals surface area contributed by atoms with Gasteiger partial charge >= 0.3 is 5.97 Å². The second kappa shape index (κ2) is 5.92. The molecular weight excluding hydrogens is 274 g/mol. The van der Waals surface area contributed by atoms with Crippen LogP contribution in [0.1, 0.15) is 21.6 Å². The Morgan fingerprint density at radius 2 is 2.10 bits per heavy atom. The van der Waals surface area contributed by atoms with Gasteiger partial charge in [0.25, 0.3) is 0 Å². The van der Waals surface area contributed by atoms with Gasteiger partial charge in [0.05, 0.1) is 18.4 Å². The average molecular weight is 289 g/mol. The summed E-state index contributed by atoms with van der Waals surface area (Å²) in [6.45, 7) is 3.93. The van der Waals surface area contributed by atoms with Crippen LogP contribution in [0.5, 0.6) is 0 Å². The molecule has 0 spiro atoms. The highest BCUT2D eigenvalue weighted by molar-refractivity contribution is 7.99. The Kier molecular flexibility index (Phi) is 4.24. The molecule has 2 aromatic rings. The lowest BCUT2D eigenvalue weighted by Crippen LogP contribution is -2.07. The van der Waals surface area contributed by atoms with Crippen LogP contribution in [0.25, 0.3) is 0 Å². The first-order chi connectivity index (χ1) is 9.51. The van der Waals surface area contributed by atoms with Crippen LogP contribution in [-0.4, -0.2) is 23.0 Å². The maximum absolute atomic E-state index is 11.6. The fourth-order valence-corrected chi connectivity index (χ4v) is 2.74. The van der Waals surface area contributed by atoms with Crippen molar-refractivity contribution in [3.05, 3.63) is 41.2 Å². The molecule has 0 aromatic carbocycles. The summed E-state index contributed by atoms with van der Waals surface area (Å²) in [6.07, 6.45) is 1.54. The first kappa shape index (κ1) is 14.3. The fraction of sp³-hybridized carbons (Fsp3) is 0.214. The minimum Gasteiger partial charge on any atom is -0.465 e. The maximum Gasteiger partial charge on any atom is 0.340 e. The summed E-state index contributed by atoms with van der Waals surface area (Å²) in [5, 5.41) is 1.34. The number of aromatic nitrogens is 2. The van der Waals surface area contributed by atoms with Crippen LogP contribution in [0.3, 0.4) is 0 Å². The molecule has 0 fully saturated rings. The highest BCUT2D eigenvalue weighted by atomic mass is 32.2. The Bertz CT molecular complexity index is 639. The molecule has 0 atom stereocenters. The number of carbonyl (C=O) groups excluding carboxylic acids is 1. The van der Waals surface area contributed by atoms with Crippen LogP contribution in [0.15, 0.2) is 34.4 Å². The molecule has 104 valence electrons. The van der Waals surface area contributed by atoms with E-state index in [1.54, 1.807) is 6.07 Å². The minimum absolute atomic E-state index is 0.310. The van der Waals surface area contributed by atoms with Crippen molar-refractivity contribution >= 4 is 23.4 Å². The number of methoxy groups -OCH3 is 1.